The van der Waals surface area contributed by atoms with Crippen LogP contribution >= 0.6 is 0 Å². The Morgan fingerprint density at radius 1 is 1.26 bits per heavy atom. The van der Waals surface area contributed by atoms with Gasteiger partial charge in [-0.15, -0.1) is 0 Å². The summed E-state index contributed by atoms with van der Waals surface area (Å²) in [6.45, 7) is 6.25. The molecule has 1 atom stereocenters. The van der Waals surface area contributed by atoms with E-state index in [0.717, 1.165) is 23.9 Å². The Morgan fingerprint density at radius 2 is 2.11 bits per heavy atom. The van der Waals surface area contributed by atoms with Gasteiger partial charge in [0, 0.05) is 13.1 Å². The number of hydrogen-bond acceptors (Lipinski definition) is 3. The quantitative estimate of drug-likeness (QED) is 0.886. The molecule has 1 aromatic heterocycles. The monoisotopic (exact) mass is 261 g/mol. The van der Waals surface area contributed by atoms with Gasteiger partial charge in [-0.05, 0) is 50.4 Å². The molecule has 2 N–H and O–H groups in total. The predicted molar refractivity (Wildman–Crippen MR) is 79.7 cm³/mol. The average molecular weight is 261 g/mol. The molecule has 0 spiro atoms. The van der Waals surface area contributed by atoms with Gasteiger partial charge in [-0.1, -0.05) is 25.8 Å². The molecule has 0 saturated carbocycles. The lowest BCUT2D eigenvalue weighted by molar-refractivity contribution is 0.268. The van der Waals surface area contributed by atoms with Crippen LogP contribution in [0.3, 0.4) is 0 Å². The molecule has 1 unspecified atom stereocenters. The third-order valence-corrected chi connectivity index (χ3v) is 4.10. The maximum atomic E-state index is 5.65. The van der Waals surface area contributed by atoms with Crippen molar-refractivity contribution in [2.45, 2.75) is 52.1 Å². The Balaban J connectivity index is 1.88. The highest BCUT2D eigenvalue weighted by molar-refractivity contribution is 5.11. The zero-order chi connectivity index (χ0) is 13.5. The number of hydrogen-bond donors (Lipinski definition) is 1. The van der Waals surface area contributed by atoms with Crippen molar-refractivity contribution in [3.05, 3.63) is 29.6 Å². The SMILES string of the molecule is CCCC1CCCN(Cc2cccc(CN)n2)CC1. The lowest BCUT2D eigenvalue weighted by atomic mass is 9.96. The van der Waals surface area contributed by atoms with E-state index >= 15 is 0 Å². The maximum absolute atomic E-state index is 5.65. The molecule has 0 amide bonds. The molecule has 19 heavy (non-hydrogen) atoms. The highest BCUT2D eigenvalue weighted by atomic mass is 15.1. The number of nitrogens with two attached hydrogens (primary N) is 1. The molecule has 2 heterocycles. The van der Waals surface area contributed by atoms with Crippen LogP contribution < -0.4 is 5.73 Å². The molecule has 1 saturated heterocycles. The number of rotatable bonds is 5. The first-order valence-corrected chi connectivity index (χ1v) is 7.69. The highest BCUT2D eigenvalue weighted by Gasteiger charge is 2.16. The number of likely N-dealkylation sites (tertiary alicyclic amines) is 1. The van der Waals surface area contributed by atoms with Gasteiger partial charge in [0.2, 0.25) is 0 Å². The smallest absolute Gasteiger partial charge is 0.0547 e. The molecule has 0 aromatic carbocycles. The minimum absolute atomic E-state index is 0.534. The van der Waals surface area contributed by atoms with Crippen molar-refractivity contribution in [3.8, 4) is 0 Å². The van der Waals surface area contributed by atoms with Crippen LogP contribution in [0.25, 0.3) is 0 Å². The van der Waals surface area contributed by atoms with Crippen LogP contribution in [-0.2, 0) is 13.1 Å². The summed E-state index contributed by atoms with van der Waals surface area (Å²) in [6, 6.07) is 6.19. The fourth-order valence-electron chi connectivity index (χ4n) is 3.04. The van der Waals surface area contributed by atoms with E-state index in [9.17, 15) is 0 Å². The normalized spacial score (nSPS) is 21.3. The van der Waals surface area contributed by atoms with Gasteiger partial charge < -0.3 is 5.73 Å². The first-order valence-electron chi connectivity index (χ1n) is 7.69. The predicted octanol–water partition coefficient (Wildman–Crippen LogP) is 2.94. The molecule has 106 valence electrons. The molecule has 1 aliphatic rings. The van der Waals surface area contributed by atoms with Gasteiger partial charge in [0.05, 0.1) is 11.4 Å². The Morgan fingerprint density at radius 3 is 2.89 bits per heavy atom. The molecule has 0 bridgehead atoms. The summed E-state index contributed by atoms with van der Waals surface area (Å²) >= 11 is 0. The summed E-state index contributed by atoms with van der Waals surface area (Å²) in [5, 5.41) is 0. The van der Waals surface area contributed by atoms with E-state index in [1.54, 1.807) is 0 Å². The van der Waals surface area contributed by atoms with Gasteiger partial charge in [-0.2, -0.15) is 0 Å². The lowest BCUT2D eigenvalue weighted by Crippen LogP contribution is -2.25. The fourth-order valence-corrected chi connectivity index (χ4v) is 3.04. The van der Waals surface area contributed by atoms with E-state index in [1.165, 1.54) is 45.2 Å². The molecule has 3 nitrogen and oxygen atoms in total. The maximum Gasteiger partial charge on any atom is 0.0547 e. The van der Waals surface area contributed by atoms with Crippen LogP contribution in [0.5, 0.6) is 0 Å². The third kappa shape index (κ3) is 4.59. The Bertz CT molecular complexity index is 378. The molecule has 0 aliphatic carbocycles. The van der Waals surface area contributed by atoms with E-state index in [1.807, 2.05) is 6.07 Å². The minimum atomic E-state index is 0.534. The Kier molecular flexibility index (Phi) is 5.80. The first kappa shape index (κ1) is 14.5. The van der Waals surface area contributed by atoms with Crippen molar-refractivity contribution in [2.24, 2.45) is 11.7 Å². The van der Waals surface area contributed by atoms with Crippen molar-refractivity contribution in [1.82, 2.24) is 9.88 Å². The average Bonchev–Trinajstić information content (AvgIpc) is 2.65. The number of aromatic nitrogens is 1. The van der Waals surface area contributed by atoms with E-state index in [4.69, 9.17) is 5.73 Å². The number of pyridine rings is 1. The molecular formula is C16H27N3. The van der Waals surface area contributed by atoms with E-state index in [2.05, 4.69) is 28.9 Å². The van der Waals surface area contributed by atoms with Crippen molar-refractivity contribution in [2.75, 3.05) is 13.1 Å². The van der Waals surface area contributed by atoms with E-state index in [0.29, 0.717) is 6.54 Å². The van der Waals surface area contributed by atoms with Crippen LogP contribution in [0, 0.1) is 5.92 Å². The van der Waals surface area contributed by atoms with Gasteiger partial charge in [-0.25, -0.2) is 0 Å². The summed E-state index contributed by atoms with van der Waals surface area (Å²) < 4.78 is 0. The lowest BCUT2D eigenvalue weighted by Gasteiger charge is -2.20. The second-order valence-corrected chi connectivity index (χ2v) is 5.69. The zero-order valence-corrected chi connectivity index (χ0v) is 12.1. The second kappa shape index (κ2) is 7.61. The first-order chi connectivity index (χ1) is 9.31. The number of nitrogens with zero attached hydrogens (tertiary/aromatic N) is 2. The van der Waals surface area contributed by atoms with Gasteiger partial charge in [-0.3, -0.25) is 9.88 Å². The Labute approximate surface area is 117 Å². The molecule has 1 aromatic rings. The molecule has 3 heteroatoms. The van der Waals surface area contributed by atoms with Crippen molar-refractivity contribution in [1.29, 1.82) is 0 Å². The van der Waals surface area contributed by atoms with E-state index < -0.39 is 0 Å². The summed E-state index contributed by atoms with van der Waals surface area (Å²) in [5.74, 6) is 0.943. The highest BCUT2D eigenvalue weighted by Crippen LogP contribution is 2.22. The summed E-state index contributed by atoms with van der Waals surface area (Å²) in [7, 11) is 0. The fraction of sp³-hybridized carbons (Fsp3) is 0.688. The molecular weight excluding hydrogens is 234 g/mol. The van der Waals surface area contributed by atoms with Gasteiger partial charge in [0.1, 0.15) is 0 Å². The van der Waals surface area contributed by atoms with Gasteiger partial charge >= 0.3 is 0 Å². The van der Waals surface area contributed by atoms with Crippen molar-refractivity contribution < 1.29 is 0 Å². The third-order valence-electron chi connectivity index (χ3n) is 4.10. The summed E-state index contributed by atoms with van der Waals surface area (Å²) in [6.07, 6.45) is 6.81. The minimum Gasteiger partial charge on any atom is -0.325 e. The van der Waals surface area contributed by atoms with E-state index in [-0.39, 0.29) is 0 Å². The second-order valence-electron chi connectivity index (χ2n) is 5.69. The zero-order valence-electron chi connectivity index (χ0n) is 12.1. The molecule has 1 fully saturated rings. The van der Waals surface area contributed by atoms with Crippen LogP contribution in [0.15, 0.2) is 18.2 Å². The van der Waals surface area contributed by atoms with Gasteiger partial charge in [0.25, 0.3) is 0 Å². The molecule has 1 aliphatic heterocycles. The largest absolute Gasteiger partial charge is 0.325 e. The topological polar surface area (TPSA) is 42.1 Å². The van der Waals surface area contributed by atoms with Crippen molar-refractivity contribution >= 4 is 0 Å². The summed E-state index contributed by atoms with van der Waals surface area (Å²) in [5.41, 5.74) is 7.81. The molecule has 2 rings (SSSR count). The summed E-state index contributed by atoms with van der Waals surface area (Å²) in [4.78, 5) is 7.16. The van der Waals surface area contributed by atoms with Crippen molar-refractivity contribution in [3.63, 3.8) is 0 Å². The van der Waals surface area contributed by atoms with Crippen LogP contribution in [0.4, 0.5) is 0 Å². The van der Waals surface area contributed by atoms with Crippen LogP contribution in [0.2, 0.25) is 0 Å². The van der Waals surface area contributed by atoms with Gasteiger partial charge in [0.15, 0.2) is 0 Å². The van der Waals surface area contributed by atoms with Crippen LogP contribution in [-0.4, -0.2) is 23.0 Å². The van der Waals surface area contributed by atoms with Crippen LogP contribution in [0.1, 0.15) is 50.4 Å². The Hall–Kier alpha value is -0.930. The molecule has 0 radical (unpaired) electrons. The standard InChI is InChI=1S/C16H27N3/c1-2-5-14-6-4-10-19(11-9-14)13-16-8-3-7-15(12-17)18-16/h3,7-8,14H,2,4-6,9-13,17H2,1H3.